The van der Waals surface area contributed by atoms with E-state index >= 15 is 0 Å². The van der Waals surface area contributed by atoms with Crippen molar-refractivity contribution < 1.29 is 9.84 Å². The van der Waals surface area contributed by atoms with Gasteiger partial charge in [0.2, 0.25) is 0 Å². The number of phenolic OH excluding ortho intramolecular Hbond substituents is 1. The Balaban J connectivity index is 1.87. The number of halogens is 1. The summed E-state index contributed by atoms with van der Waals surface area (Å²) in [5.74, 6) is 0.480. The summed E-state index contributed by atoms with van der Waals surface area (Å²) in [6.45, 7) is 0. The first-order valence-corrected chi connectivity index (χ1v) is 8.07. The second-order valence-electron chi connectivity index (χ2n) is 5.31. The Morgan fingerprint density at radius 1 is 1.00 bits per heavy atom. The molecule has 0 unspecified atom stereocenters. The molecule has 0 saturated carbocycles. The highest BCUT2D eigenvalue weighted by molar-refractivity contribution is 6.30. The largest absolute Gasteiger partial charge is 0.504 e. The monoisotopic (exact) mass is 352 g/mol. The Hall–Kier alpha value is -2.98. The Bertz CT molecular complexity index is 892. The first-order valence-electron chi connectivity index (χ1n) is 7.69. The maximum Gasteiger partial charge on any atom is 0.166 e. The molecular formula is C20H17ClN2O2. The number of benzene rings is 3. The van der Waals surface area contributed by atoms with Gasteiger partial charge in [-0.15, -0.1) is 0 Å². The fourth-order valence-electron chi connectivity index (χ4n) is 2.33. The van der Waals surface area contributed by atoms with Crippen LogP contribution >= 0.6 is 11.6 Å². The van der Waals surface area contributed by atoms with Crippen LogP contribution in [0.3, 0.4) is 0 Å². The quantitative estimate of drug-likeness (QED) is 0.592. The van der Waals surface area contributed by atoms with Crippen LogP contribution in [0.25, 0.3) is 0 Å². The molecule has 0 aromatic heterocycles. The van der Waals surface area contributed by atoms with Crippen molar-refractivity contribution in [1.82, 2.24) is 0 Å². The van der Waals surface area contributed by atoms with Gasteiger partial charge in [0.05, 0.1) is 18.5 Å². The van der Waals surface area contributed by atoms with Gasteiger partial charge in [0.15, 0.2) is 11.5 Å². The van der Waals surface area contributed by atoms with E-state index in [4.69, 9.17) is 16.3 Å². The van der Waals surface area contributed by atoms with Crippen LogP contribution in [0.1, 0.15) is 5.56 Å². The van der Waals surface area contributed by atoms with E-state index in [0.29, 0.717) is 16.3 Å². The maximum atomic E-state index is 10.2. The molecule has 4 nitrogen and oxygen atoms in total. The molecule has 0 aliphatic rings. The molecule has 0 atom stereocenters. The molecule has 3 aromatic carbocycles. The summed E-state index contributed by atoms with van der Waals surface area (Å²) in [4.78, 5) is 4.50. The van der Waals surface area contributed by atoms with Crippen molar-refractivity contribution in [3.8, 4) is 11.5 Å². The molecule has 126 valence electrons. The fraction of sp³-hybridized carbons (Fsp3) is 0.0500. The number of aliphatic imine (C=N–C) groups is 1. The van der Waals surface area contributed by atoms with Gasteiger partial charge >= 0.3 is 0 Å². The number of rotatable bonds is 5. The summed E-state index contributed by atoms with van der Waals surface area (Å²) in [7, 11) is 1.52. The van der Waals surface area contributed by atoms with Crippen LogP contribution < -0.4 is 10.1 Å². The molecule has 0 radical (unpaired) electrons. The molecule has 0 saturated heterocycles. The Labute approximate surface area is 151 Å². The number of hydrogen-bond acceptors (Lipinski definition) is 4. The zero-order valence-corrected chi connectivity index (χ0v) is 14.4. The van der Waals surface area contributed by atoms with Crippen LogP contribution in [0, 0.1) is 0 Å². The number of methoxy groups -OCH3 is 1. The minimum absolute atomic E-state index is 0.0666. The first kappa shape index (κ1) is 16.9. The van der Waals surface area contributed by atoms with Crippen LogP contribution in [0.2, 0.25) is 5.02 Å². The Morgan fingerprint density at radius 2 is 1.76 bits per heavy atom. The molecule has 0 amide bonds. The molecule has 25 heavy (non-hydrogen) atoms. The van der Waals surface area contributed by atoms with E-state index in [-0.39, 0.29) is 5.75 Å². The molecule has 0 fully saturated rings. The standard InChI is InChI=1S/C20H17ClN2O2/c1-25-19-8-4-5-14(20(19)24)13-22-17-6-2-3-7-18(17)23-16-11-9-15(21)10-12-16/h2-13,23-24H,1H3. The predicted octanol–water partition coefficient (Wildman–Crippen LogP) is 5.55. The number of aromatic hydroxyl groups is 1. The highest BCUT2D eigenvalue weighted by atomic mass is 35.5. The van der Waals surface area contributed by atoms with Gasteiger partial charge in [-0.3, -0.25) is 4.99 Å². The van der Waals surface area contributed by atoms with Crippen LogP contribution in [0.15, 0.2) is 71.7 Å². The second-order valence-corrected chi connectivity index (χ2v) is 5.74. The van der Waals surface area contributed by atoms with Crippen LogP contribution in [-0.2, 0) is 0 Å². The number of nitrogens with zero attached hydrogens (tertiary/aromatic N) is 1. The minimum Gasteiger partial charge on any atom is -0.504 e. The van der Waals surface area contributed by atoms with Crippen LogP contribution in [0.5, 0.6) is 11.5 Å². The summed E-state index contributed by atoms with van der Waals surface area (Å²) < 4.78 is 5.12. The third-order valence-electron chi connectivity index (χ3n) is 3.62. The van der Waals surface area contributed by atoms with Gasteiger partial charge in [0, 0.05) is 22.5 Å². The van der Waals surface area contributed by atoms with E-state index < -0.39 is 0 Å². The van der Waals surface area contributed by atoms with Gasteiger partial charge in [-0.2, -0.15) is 0 Å². The maximum absolute atomic E-state index is 10.2. The summed E-state index contributed by atoms with van der Waals surface area (Å²) >= 11 is 5.92. The Kier molecular flexibility index (Phi) is 5.21. The normalized spacial score (nSPS) is 10.8. The lowest BCUT2D eigenvalue weighted by atomic mass is 10.2. The van der Waals surface area contributed by atoms with E-state index in [1.165, 1.54) is 7.11 Å². The highest BCUT2D eigenvalue weighted by Crippen LogP contribution is 2.31. The summed E-state index contributed by atoms with van der Waals surface area (Å²) in [5, 5.41) is 14.2. The summed E-state index contributed by atoms with van der Waals surface area (Å²) in [6.07, 6.45) is 1.61. The highest BCUT2D eigenvalue weighted by Gasteiger charge is 2.06. The van der Waals surface area contributed by atoms with Crippen LogP contribution in [0.4, 0.5) is 17.1 Å². The zero-order valence-electron chi connectivity index (χ0n) is 13.6. The number of phenols is 1. The molecule has 3 aromatic rings. The van der Waals surface area contributed by atoms with Crippen molar-refractivity contribution in [2.24, 2.45) is 4.99 Å². The van der Waals surface area contributed by atoms with Gasteiger partial charge in [-0.25, -0.2) is 0 Å². The number of hydrogen-bond donors (Lipinski definition) is 2. The number of anilines is 2. The average molecular weight is 353 g/mol. The van der Waals surface area contributed by atoms with Gasteiger partial charge in [-0.1, -0.05) is 29.8 Å². The predicted molar refractivity (Wildman–Crippen MR) is 103 cm³/mol. The van der Waals surface area contributed by atoms with Gasteiger partial charge in [0.1, 0.15) is 0 Å². The lowest BCUT2D eigenvalue weighted by Gasteiger charge is -2.09. The lowest BCUT2D eigenvalue weighted by Crippen LogP contribution is -1.91. The van der Waals surface area contributed by atoms with Gasteiger partial charge < -0.3 is 15.2 Å². The van der Waals surface area contributed by atoms with E-state index in [1.807, 2.05) is 48.5 Å². The van der Waals surface area contributed by atoms with Crippen molar-refractivity contribution in [3.63, 3.8) is 0 Å². The number of para-hydroxylation sites is 3. The molecule has 0 aliphatic heterocycles. The Morgan fingerprint density at radius 3 is 2.52 bits per heavy atom. The summed E-state index contributed by atoms with van der Waals surface area (Å²) in [6, 6.07) is 20.4. The van der Waals surface area contributed by atoms with Crippen molar-refractivity contribution >= 4 is 34.9 Å². The molecule has 0 heterocycles. The smallest absolute Gasteiger partial charge is 0.166 e. The fourth-order valence-corrected chi connectivity index (χ4v) is 2.45. The zero-order chi connectivity index (χ0) is 17.6. The number of nitrogens with one attached hydrogen (secondary N) is 1. The van der Waals surface area contributed by atoms with Gasteiger partial charge in [-0.05, 0) is 48.5 Å². The van der Waals surface area contributed by atoms with Crippen molar-refractivity contribution in [3.05, 3.63) is 77.3 Å². The van der Waals surface area contributed by atoms with Crippen molar-refractivity contribution in [1.29, 1.82) is 0 Å². The molecular weight excluding hydrogens is 336 g/mol. The third kappa shape index (κ3) is 4.11. The molecule has 0 aliphatic carbocycles. The van der Waals surface area contributed by atoms with E-state index in [0.717, 1.165) is 17.1 Å². The second kappa shape index (κ2) is 7.73. The SMILES string of the molecule is COc1cccc(C=Nc2ccccc2Nc2ccc(Cl)cc2)c1O. The molecule has 3 rings (SSSR count). The van der Waals surface area contributed by atoms with E-state index in [2.05, 4.69) is 10.3 Å². The van der Waals surface area contributed by atoms with E-state index in [1.54, 1.807) is 24.4 Å². The lowest BCUT2D eigenvalue weighted by molar-refractivity contribution is 0.373. The van der Waals surface area contributed by atoms with E-state index in [9.17, 15) is 5.11 Å². The number of ether oxygens (including phenoxy) is 1. The van der Waals surface area contributed by atoms with Gasteiger partial charge in [0.25, 0.3) is 0 Å². The molecule has 5 heteroatoms. The van der Waals surface area contributed by atoms with Crippen molar-refractivity contribution in [2.45, 2.75) is 0 Å². The van der Waals surface area contributed by atoms with Crippen molar-refractivity contribution in [2.75, 3.05) is 12.4 Å². The molecule has 0 bridgehead atoms. The molecule has 0 spiro atoms. The topological polar surface area (TPSA) is 53.8 Å². The van der Waals surface area contributed by atoms with Crippen LogP contribution in [-0.4, -0.2) is 18.4 Å². The third-order valence-corrected chi connectivity index (χ3v) is 3.87. The minimum atomic E-state index is 0.0666. The molecule has 2 N–H and O–H groups in total. The average Bonchev–Trinajstić information content (AvgIpc) is 2.64. The first-order chi connectivity index (χ1) is 12.2. The summed E-state index contributed by atoms with van der Waals surface area (Å²) in [5.41, 5.74) is 3.10.